The number of morpholine rings is 1. The van der Waals surface area contributed by atoms with Crippen LogP contribution in [0.1, 0.15) is 50.3 Å². The van der Waals surface area contributed by atoms with Crippen LogP contribution in [0.5, 0.6) is 0 Å². The van der Waals surface area contributed by atoms with Gasteiger partial charge < -0.3 is 9.15 Å². The fraction of sp³-hybridized carbons (Fsp3) is 0.812. The Kier molecular flexibility index (Phi) is 8.14. The molecule has 1 amide bonds. The van der Waals surface area contributed by atoms with E-state index in [9.17, 15) is 10.0 Å². The molecule has 0 spiro atoms. The molecule has 1 aromatic heterocycles. The first-order valence-electron chi connectivity index (χ1n) is 8.76. The Morgan fingerprint density at radius 3 is 2.83 bits per heavy atom. The van der Waals surface area contributed by atoms with E-state index < -0.39 is 0 Å². The fourth-order valence-corrected chi connectivity index (χ4v) is 2.81. The normalized spacial score (nSPS) is 16.9. The van der Waals surface area contributed by atoms with E-state index in [1.165, 1.54) is 0 Å². The van der Waals surface area contributed by atoms with Gasteiger partial charge in [-0.3, -0.25) is 14.9 Å². The molecule has 2 rings (SSSR count). The maximum atomic E-state index is 10.7. The second-order valence-corrected chi connectivity index (χ2v) is 6.16. The summed E-state index contributed by atoms with van der Waals surface area (Å²) in [6.07, 6.45) is 5.12. The predicted octanol–water partition coefficient (Wildman–Crippen LogP) is 1.46. The molecule has 0 bridgehead atoms. The smallest absolute Gasteiger partial charge is 0.233 e. The van der Waals surface area contributed by atoms with E-state index in [1.807, 2.05) is 0 Å². The maximum absolute atomic E-state index is 10.7. The van der Waals surface area contributed by atoms with Crippen LogP contribution in [0.2, 0.25) is 0 Å². The van der Waals surface area contributed by atoms with Gasteiger partial charge in [-0.15, -0.1) is 10.2 Å². The van der Waals surface area contributed by atoms with Crippen molar-refractivity contribution >= 4 is 6.41 Å². The summed E-state index contributed by atoms with van der Waals surface area (Å²) in [5.74, 6) is 0.980. The number of unbranched alkanes of at least 4 members (excludes halogenated alkanes) is 2. The monoisotopic (exact) mass is 340 g/mol. The van der Waals surface area contributed by atoms with Crippen LogP contribution in [-0.2, 0) is 16.0 Å². The number of amides is 1. The first-order chi connectivity index (χ1) is 11.7. The van der Waals surface area contributed by atoms with E-state index >= 15 is 0 Å². The Morgan fingerprint density at radius 2 is 2.12 bits per heavy atom. The molecule has 1 aliphatic heterocycles. The molecule has 1 aromatic rings. The molecule has 136 valence electrons. The molecule has 1 atom stereocenters. The highest BCUT2D eigenvalue weighted by molar-refractivity contribution is 5.44. The number of nitrogens with zero attached hydrogens (tertiary/aromatic N) is 4. The second-order valence-electron chi connectivity index (χ2n) is 6.16. The Labute approximate surface area is 142 Å². The van der Waals surface area contributed by atoms with Crippen LogP contribution in [0.25, 0.3) is 0 Å². The molecular formula is C16H28N4O4. The third-order valence-corrected chi connectivity index (χ3v) is 4.26. The van der Waals surface area contributed by atoms with Gasteiger partial charge in [0.1, 0.15) is 0 Å². The number of rotatable bonds is 11. The van der Waals surface area contributed by atoms with Gasteiger partial charge in [0.05, 0.1) is 25.7 Å². The molecule has 1 fully saturated rings. The number of carbonyl (C=O) groups is 1. The SMILES string of the molecule is CCCCC[C@@H](CN(O)C=O)c1nnc(CCN2CCOCC2)o1. The molecule has 24 heavy (non-hydrogen) atoms. The van der Waals surface area contributed by atoms with Gasteiger partial charge in [-0.2, -0.15) is 0 Å². The lowest BCUT2D eigenvalue weighted by Gasteiger charge is -2.25. The zero-order valence-corrected chi connectivity index (χ0v) is 14.4. The van der Waals surface area contributed by atoms with E-state index in [4.69, 9.17) is 9.15 Å². The van der Waals surface area contributed by atoms with E-state index in [0.717, 1.165) is 58.5 Å². The number of hydrogen-bond donors (Lipinski definition) is 1. The van der Waals surface area contributed by atoms with Crippen molar-refractivity contribution in [1.29, 1.82) is 0 Å². The topological polar surface area (TPSA) is 91.9 Å². The molecule has 0 radical (unpaired) electrons. The summed E-state index contributed by atoms with van der Waals surface area (Å²) < 4.78 is 11.1. The second kappa shape index (κ2) is 10.4. The van der Waals surface area contributed by atoms with Crippen molar-refractivity contribution in [3.05, 3.63) is 11.8 Å². The average molecular weight is 340 g/mol. The Balaban J connectivity index is 1.88. The van der Waals surface area contributed by atoms with Crippen LogP contribution in [0.4, 0.5) is 0 Å². The third-order valence-electron chi connectivity index (χ3n) is 4.26. The quantitative estimate of drug-likeness (QED) is 0.282. The van der Waals surface area contributed by atoms with Crippen molar-refractivity contribution in [1.82, 2.24) is 20.2 Å². The minimum absolute atomic E-state index is 0.128. The third kappa shape index (κ3) is 6.18. The van der Waals surface area contributed by atoms with Crippen LogP contribution in [0.15, 0.2) is 4.42 Å². The van der Waals surface area contributed by atoms with Gasteiger partial charge in [-0.25, -0.2) is 5.06 Å². The number of aromatic nitrogens is 2. The van der Waals surface area contributed by atoms with Crippen molar-refractivity contribution in [3.8, 4) is 0 Å². The zero-order chi connectivity index (χ0) is 17.2. The van der Waals surface area contributed by atoms with Crippen LogP contribution in [0, 0.1) is 0 Å². The molecule has 0 aromatic carbocycles. The van der Waals surface area contributed by atoms with Crippen molar-refractivity contribution in [2.75, 3.05) is 39.4 Å². The van der Waals surface area contributed by atoms with Crippen molar-refractivity contribution < 1.29 is 19.2 Å². The molecule has 0 saturated carbocycles. The van der Waals surface area contributed by atoms with E-state index in [2.05, 4.69) is 22.0 Å². The first-order valence-corrected chi connectivity index (χ1v) is 8.76. The number of carbonyl (C=O) groups excluding carboxylic acids is 1. The molecule has 0 aliphatic carbocycles. The molecular weight excluding hydrogens is 312 g/mol. The Bertz CT molecular complexity index is 476. The highest BCUT2D eigenvalue weighted by Crippen LogP contribution is 2.22. The number of hydroxylamine groups is 2. The standard InChI is InChI=1S/C16H28N4O4/c1-2-3-4-5-14(12-20(22)13-21)16-18-17-15(24-16)6-7-19-8-10-23-11-9-19/h13-14,22H,2-12H2,1H3/t14-/m0/s1. The fourth-order valence-electron chi connectivity index (χ4n) is 2.81. The summed E-state index contributed by atoms with van der Waals surface area (Å²) in [5, 5.41) is 18.4. The van der Waals surface area contributed by atoms with Gasteiger partial charge in [0.25, 0.3) is 0 Å². The summed E-state index contributed by atoms with van der Waals surface area (Å²) in [7, 11) is 0. The van der Waals surface area contributed by atoms with Crippen LogP contribution < -0.4 is 0 Å². The minimum atomic E-state index is -0.128. The lowest BCUT2D eigenvalue weighted by atomic mass is 10.0. The predicted molar refractivity (Wildman–Crippen MR) is 86.7 cm³/mol. The van der Waals surface area contributed by atoms with Crippen molar-refractivity contribution in [3.63, 3.8) is 0 Å². The zero-order valence-electron chi connectivity index (χ0n) is 14.4. The Hall–Kier alpha value is -1.51. The van der Waals surface area contributed by atoms with Crippen LogP contribution in [-0.4, -0.2) is 71.2 Å². The lowest BCUT2D eigenvalue weighted by Crippen LogP contribution is -2.37. The van der Waals surface area contributed by atoms with Crippen LogP contribution >= 0.6 is 0 Å². The van der Waals surface area contributed by atoms with Gasteiger partial charge in [0, 0.05) is 26.1 Å². The van der Waals surface area contributed by atoms with Gasteiger partial charge in [-0.05, 0) is 6.42 Å². The molecule has 1 aliphatic rings. The molecule has 8 heteroatoms. The first kappa shape index (κ1) is 18.8. The lowest BCUT2D eigenvalue weighted by molar-refractivity contribution is -0.151. The van der Waals surface area contributed by atoms with Gasteiger partial charge in [0.15, 0.2) is 0 Å². The van der Waals surface area contributed by atoms with Crippen LogP contribution in [0.3, 0.4) is 0 Å². The summed E-state index contributed by atoms with van der Waals surface area (Å²) in [6.45, 7) is 6.58. The maximum Gasteiger partial charge on any atom is 0.233 e. The van der Waals surface area contributed by atoms with Gasteiger partial charge in [0.2, 0.25) is 18.2 Å². The summed E-state index contributed by atoms with van der Waals surface area (Å²) in [4.78, 5) is 13.0. The highest BCUT2D eigenvalue weighted by Gasteiger charge is 2.21. The molecule has 0 unspecified atom stereocenters. The van der Waals surface area contributed by atoms with Crippen molar-refractivity contribution in [2.24, 2.45) is 0 Å². The van der Waals surface area contributed by atoms with Gasteiger partial charge >= 0.3 is 0 Å². The summed E-state index contributed by atoms with van der Waals surface area (Å²) >= 11 is 0. The summed E-state index contributed by atoms with van der Waals surface area (Å²) in [5.41, 5.74) is 0. The van der Waals surface area contributed by atoms with E-state index in [1.54, 1.807) is 0 Å². The largest absolute Gasteiger partial charge is 0.425 e. The highest BCUT2D eigenvalue weighted by atomic mass is 16.5. The van der Waals surface area contributed by atoms with Crippen molar-refractivity contribution in [2.45, 2.75) is 44.9 Å². The molecule has 8 nitrogen and oxygen atoms in total. The molecule has 2 heterocycles. The summed E-state index contributed by atoms with van der Waals surface area (Å²) in [6, 6.07) is 0. The molecule has 1 N–H and O–H groups in total. The van der Waals surface area contributed by atoms with E-state index in [-0.39, 0.29) is 12.5 Å². The number of ether oxygens (including phenoxy) is 1. The van der Waals surface area contributed by atoms with E-state index in [0.29, 0.717) is 29.7 Å². The number of hydrogen-bond acceptors (Lipinski definition) is 7. The average Bonchev–Trinajstić information content (AvgIpc) is 3.09. The molecule has 1 saturated heterocycles. The van der Waals surface area contributed by atoms with Gasteiger partial charge in [-0.1, -0.05) is 26.2 Å². The minimum Gasteiger partial charge on any atom is -0.425 e. The Morgan fingerprint density at radius 1 is 1.33 bits per heavy atom.